The molecule has 0 spiro atoms. The van der Waals surface area contributed by atoms with Crippen LogP contribution in [-0.4, -0.2) is 55.7 Å². The second-order valence-electron chi connectivity index (χ2n) is 4.85. The fraction of sp³-hybridized carbons (Fsp3) is 0.818. The van der Waals surface area contributed by atoms with Crippen LogP contribution < -0.4 is 10.6 Å². The highest BCUT2D eigenvalue weighted by Gasteiger charge is 2.44. The third-order valence-corrected chi connectivity index (χ3v) is 3.20. The summed E-state index contributed by atoms with van der Waals surface area (Å²) in [5.74, 6) is -0.808. The van der Waals surface area contributed by atoms with Gasteiger partial charge in [0.05, 0.1) is 5.41 Å². The van der Waals surface area contributed by atoms with Gasteiger partial charge in [-0.3, -0.25) is 4.79 Å². The summed E-state index contributed by atoms with van der Waals surface area (Å²) in [5, 5.41) is 14.4. The third-order valence-electron chi connectivity index (χ3n) is 3.20. The second kappa shape index (κ2) is 5.86. The third kappa shape index (κ3) is 3.89. The van der Waals surface area contributed by atoms with E-state index in [1.807, 2.05) is 19.0 Å². The fourth-order valence-electron chi connectivity index (χ4n) is 1.77. The topological polar surface area (TPSA) is 81.7 Å². The van der Waals surface area contributed by atoms with Crippen molar-refractivity contribution < 1.29 is 14.7 Å². The molecule has 6 nitrogen and oxygen atoms in total. The van der Waals surface area contributed by atoms with Crippen LogP contribution in [0.3, 0.4) is 0 Å². The highest BCUT2D eigenvalue weighted by atomic mass is 16.4. The zero-order chi connectivity index (χ0) is 12.9. The van der Waals surface area contributed by atoms with Crippen molar-refractivity contribution in [3.8, 4) is 0 Å². The standard InChI is InChI=1S/C11H21N3O3/c1-14(2)7-6-12-10(17)13-8-11(9(15)16)4-3-5-11/h3-8H2,1-2H3,(H,15,16)(H2,12,13,17). The van der Waals surface area contributed by atoms with Gasteiger partial charge in [-0.15, -0.1) is 0 Å². The van der Waals surface area contributed by atoms with Crippen LogP contribution in [0.25, 0.3) is 0 Å². The summed E-state index contributed by atoms with van der Waals surface area (Å²) >= 11 is 0. The lowest BCUT2D eigenvalue weighted by atomic mass is 9.69. The molecule has 3 N–H and O–H groups in total. The molecule has 0 aromatic carbocycles. The maximum Gasteiger partial charge on any atom is 0.314 e. The number of aliphatic carboxylic acids is 1. The van der Waals surface area contributed by atoms with Gasteiger partial charge in [-0.05, 0) is 26.9 Å². The summed E-state index contributed by atoms with van der Waals surface area (Å²) in [4.78, 5) is 24.4. The number of urea groups is 1. The van der Waals surface area contributed by atoms with Crippen molar-refractivity contribution in [2.75, 3.05) is 33.7 Å². The number of hydrogen-bond donors (Lipinski definition) is 3. The van der Waals surface area contributed by atoms with Gasteiger partial charge in [0.25, 0.3) is 0 Å². The van der Waals surface area contributed by atoms with Crippen LogP contribution in [0.5, 0.6) is 0 Å². The molecule has 0 atom stereocenters. The van der Waals surface area contributed by atoms with Crippen molar-refractivity contribution in [2.45, 2.75) is 19.3 Å². The van der Waals surface area contributed by atoms with Crippen LogP contribution in [0.2, 0.25) is 0 Å². The van der Waals surface area contributed by atoms with E-state index in [9.17, 15) is 9.59 Å². The Bertz CT molecular complexity index is 288. The molecule has 0 bridgehead atoms. The molecule has 1 saturated carbocycles. The first kappa shape index (κ1) is 13.8. The van der Waals surface area contributed by atoms with Crippen LogP contribution in [0.1, 0.15) is 19.3 Å². The summed E-state index contributed by atoms with van der Waals surface area (Å²) in [7, 11) is 3.85. The summed E-state index contributed by atoms with van der Waals surface area (Å²) in [6, 6.07) is -0.292. The van der Waals surface area contributed by atoms with Crippen molar-refractivity contribution in [1.29, 1.82) is 0 Å². The number of rotatable bonds is 6. The normalized spacial score (nSPS) is 17.4. The van der Waals surface area contributed by atoms with Crippen LogP contribution >= 0.6 is 0 Å². The Kier molecular flexibility index (Phi) is 4.74. The first-order valence-electron chi connectivity index (χ1n) is 5.86. The molecule has 0 heterocycles. The highest BCUT2D eigenvalue weighted by molar-refractivity contribution is 5.78. The molecule has 0 saturated heterocycles. The van der Waals surface area contributed by atoms with Gasteiger partial charge in [-0.2, -0.15) is 0 Å². The fourth-order valence-corrected chi connectivity index (χ4v) is 1.77. The Morgan fingerprint density at radius 1 is 1.29 bits per heavy atom. The molecule has 1 aliphatic carbocycles. The van der Waals surface area contributed by atoms with E-state index in [0.717, 1.165) is 13.0 Å². The number of nitrogens with one attached hydrogen (secondary N) is 2. The van der Waals surface area contributed by atoms with Crippen LogP contribution in [0, 0.1) is 5.41 Å². The number of amides is 2. The van der Waals surface area contributed by atoms with Gasteiger partial charge in [0.15, 0.2) is 0 Å². The number of carbonyl (C=O) groups is 2. The van der Waals surface area contributed by atoms with Gasteiger partial charge in [0.2, 0.25) is 0 Å². The average molecular weight is 243 g/mol. The van der Waals surface area contributed by atoms with Crippen molar-refractivity contribution in [3.05, 3.63) is 0 Å². The molecule has 1 fully saturated rings. The maximum atomic E-state index is 11.4. The lowest BCUT2D eigenvalue weighted by Crippen LogP contribution is -2.50. The molecule has 0 unspecified atom stereocenters. The number of carboxylic acid groups (broad SMARTS) is 1. The Hall–Kier alpha value is -1.30. The van der Waals surface area contributed by atoms with Gasteiger partial charge in [0, 0.05) is 19.6 Å². The lowest BCUT2D eigenvalue weighted by molar-refractivity contribution is -0.153. The number of hydrogen-bond acceptors (Lipinski definition) is 3. The molecule has 2 amide bonds. The Morgan fingerprint density at radius 2 is 1.94 bits per heavy atom. The minimum absolute atomic E-state index is 0.218. The average Bonchev–Trinajstić information content (AvgIpc) is 2.14. The van der Waals surface area contributed by atoms with Crippen molar-refractivity contribution >= 4 is 12.0 Å². The van der Waals surface area contributed by atoms with Gasteiger partial charge in [-0.1, -0.05) is 6.42 Å². The van der Waals surface area contributed by atoms with Crippen molar-refractivity contribution in [3.63, 3.8) is 0 Å². The molecule has 98 valence electrons. The van der Waals surface area contributed by atoms with Crippen molar-refractivity contribution in [1.82, 2.24) is 15.5 Å². The minimum atomic E-state index is -0.808. The smallest absolute Gasteiger partial charge is 0.314 e. The highest BCUT2D eigenvalue weighted by Crippen LogP contribution is 2.40. The predicted molar refractivity (Wildman–Crippen MR) is 63.9 cm³/mol. The molecular weight excluding hydrogens is 222 g/mol. The molecule has 1 aliphatic rings. The molecular formula is C11H21N3O3. The van der Waals surface area contributed by atoms with Gasteiger partial charge in [0.1, 0.15) is 0 Å². The summed E-state index contributed by atoms with van der Waals surface area (Å²) in [6.07, 6.45) is 2.23. The lowest BCUT2D eigenvalue weighted by Gasteiger charge is -2.37. The first-order valence-corrected chi connectivity index (χ1v) is 5.86. The Balaban J connectivity index is 2.21. The molecule has 0 aliphatic heterocycles. The SMILES string of the molecule is CN(C)CCNC(=O)NCC1(C(=O)O)CCC1. The molecule has 6 heteroatoms. The number of carbonyl (C=O) groups excluding carboxylic acids is 1. The van der Waals surface area contributed by atoms with Gasteiger partial charge in [-0.25, -0.2) is 4.79 Å². The number of carboxylic acids is 1. The molecule has 1 rings (SSSR count). The van der Waals surface area contributed by atoms with Gasteiger partial charge >= 0.3 is 12.0 Å². The summed E-state index contributed by atoms with van der Waals surface area (Å²) in [6.45, 7) is 1.53. The van der Waals surface area contributed by atoms with Gasteiger partial charge < -0.3 is 20.6 Å². The second-order valence-corrected chi connectivity index (χ2v) is 4.85. The number of likely N-dealkylation sites (N-methyl/N-ethyl adjacent to an activating group) is 1. The molecule has 0 radical (unpaired) electrons. The first-order chi connectivity index (χ1) is 7.96. The number of nitrogens with zero attached hydrogens (tertiary/aromatic N) is 1. The van der Waals surface area contributed by atoms with E-state index in [1.54, 1.807) is 0 Å². The molecule has 17 heavy (non-hydrogen) atoms. The van der Waals surface area contributed by atoms with E-state index < -0.39 is 11.4 Å². The van der Waals surface area contributed by atoms with E-state index in [1.165, 1.54) is 0 Å². The largest absolute Gasteiger partial charge is 0.481 e. The minimum Gasteiger partial charge on any atom is -0.481 e. The molecule has 0 aromatic rings. The van der Waals surface area contributed by atoms with E-state index in [0.29, 0.717) is 19.4 Å². The van der Waals surface area contributed by atoms with E-state index in [4.69, 9.17) is 5.11 Å². The summed E-state index contributed by atoms with van der Waals surface area (Å²) in [5.41, 5.74) is -0.723. The van der Waals surface area contributed by atoms with Crippen LogP contribution in [0.15, 0.2) is 0 Å². The Labute approximate surface area is 101 Å². The van der Waals surface area contributed by atoms with E-state index >= 15 is 0 Å². The maximum absolute atomic E-state index is 11.4. The predicted octanol–water partition coefficient (Wildman–Crippen LogP) is 0.102. The van der Waals surface area contributed by atoms with Crippen LogP contribution in [0.4, 0.5) is 4.79 Å². The zero-order valence-corrected chi connectivity index (χ0v) is 10.5. The summed E-state index contributed by atoms with van der Waals surface area (Å²) < 4.78 is 0. The van der Waals surface area contributed by atoms with E-state index in [-0.39, 0.29) is 12.6 Å². The Morgan fingerprint density at radius 3 is 2.35 bits per heavy atom. The van der Waals surface area contributed by atoms with Crippen molar-refractivity contribution in [2.24, 2.45) is 5.41 Å². The van der Waals surface area contributed by atoms with E-state index in [2.05, 4.69) is 10.6 Å². The quantitative estimate of drug-likeness (QED) is 0.618. The monoisotopic (exact) mass is 243 g/mol. The van der Waals surface area contributed by atoms with Crippen LogP contribution in [-0.2, 0) is 4.79 Å². The molecule has 0 aromatic heterocycles. The zero-order valence-electron chi connectivity index (χ0n) is 10.5.